The molecule has 0 aliphatic carbocycles. The molecule has 0 atom stereocenters. The smallest absolute Gasteiger partial charge is 0.0205 e. The molecule has 1 aromatic rings. The second kappa shape index (κ2) is 8.60. The maximum Gasteiger partial charge on any atom is 0.0205 e. The van der Waals surface area contributed by atoms with Crippen molar-refractivity contribution < 1.29 is 0 Å². The first-order valence-electron chi connectivity index (χ1n) is 6.71. The van der Waals surface area contributed by atoms with Crippen LogP contribution in [0.4, 0.5) is 0 Å². The molecule has 1 N–H and O–H groups in total. The van der Waals surface area contributed by atoms with E-state index < -0.39 is 0 Å². The van der Waals surface area contributed by atoms with E-state index in [2.05, 4.69) is 44.3 Å². The Morgan fingerprint density at radius 1 is 1.18 bits per heavy atom. The Labute approximate surface area is 110 Å². The number of hydrogen-bond acceptors (Lipinski definition) is 2. The van der Waals surface area contributed by atoms with E-state index in [-0.39, 0.29) is 0 Å². The van der Waals surface area contributed by atoms with Crippen LogP contribution in [-0.2, 0) is 6.54 Å². The lowest BCUT2D eigenvalue weighted by molar-refractivity contribution is 0.725. The van der Waals surface area contributed by atoms with Crippen LogP contribution in [0.2, 0.25) is 0 Å². The maximum atomic E-state index is 3.36. The highest BCUT2D eigenvalue weighted by atomic mass is 32.2. The van der Waals surface area contributed by atoms with Crippen molar-refractivity contribution in [3.8, 4) is 0 Å². The molecule has 0 radical (unpaired) electrons. The van der Waals surface area contributed by atoms with Crippen molar-refractivity contribution in [2.24, 2.45) is 0 Å². The highest BCUT2D eigenvalue weighted by molar-refractivity contribution is 7.99. The third kappa shape index (κ3) is 5.60. The standard InChI is InChI=1S/C15H25NS/c1-4-6-7-10-17-15-9-8-14(11-13(15)3)12-16-5-2/h8-9,11,16H,4-7,10,12H2,1-3H3. The van der Waals surface area contributed by atoms with Gasteiger partial charge in [-0.15, -0.1) is 11.8 Å². The van der Waals surface area contributed by atoms with Crippen LogP contribution in [0.5, 0.6) is 0 Å². The second-order valence-electron chi connectivity index (χ2n) is 4.44. The van der Waals surface area contributed by atoms with Crippen LogP contribution >= 0.6 is 11.8 Å². The molecule has 0 fully saturated rings. The summed E-state index contributed by atoms with van der Waals surface area (Å²) in [5, 5.41) is 3.36. The maximum absolute atomic E-state index is 3.36. The summed E-state index contributed by atoms with van der Waals surface area (Å²) in [6.07, 6.45) is 3.99. The lowest BCUT2D eigenvalue weighted by atomic mass is 10.1. The number of unbranched alkanes of at least 4 members (excludes halogenated alkanes) is 2. The molecule has 0 bridgehead atoms. The van der Waals surface area contributed by atoms with E-state index in [0.29, 0.717) is 0 Å². The van der Waals surface area contributed by atoms with Gasteiger partial charge in [-0.05, 0) is 42.8 Å². The van der Waals surface area contributed by atoms with E-state index in [9.17, 15) is 0 Å². The molecular weight excluding hydrogens is 226 g/mol. The van der Waals surface area contributed by atoms with Gasteiger partial charge >= 0.3 is 0 Å². The molecule has 0 saturated heterocycles. The zero-order valence-corrected chi connectivity index (χ0v) is 12.2. The van der Waals surface area contributed by atoms with Gasteiger partial charge in [-0.25, -0.2) is 0 Å². The molecule has 0 heterocycles. The molecule has 17 heavy (non-hydrogen) atoms. The molecule has 0 spiro atoms. The monoisotopic (exact) mass is 251 g/mol. The van der Waals surface area contributed by atoms with E-state index >= 15 is 0 Å². The van der Waals surface area contributed by atoms with Crippen molar-refractivity contribution in [2.45, 2.75) is 51.5 Å². The van der Waals surface area contributed by atoms with Gasteiger partial charge in [-0.2, -0.15) is 0 Å². The van der Waals surface area contributed by atoms with Crippen molar-refractivity contribution in [2.75, 3.05) is 12.3 Å². The predicted octanol–water partition coefficient (Wildman–Crippen LogP) is 4.39. The fourth-order valence-electron chi connectivity index (χ4n) is 1.79. The van der Waals surface area contributed by atoms with Gasteiger partial charge in [0.1, 0.15) is 0 Å². The van der Waals surface area contributed by atoms with E-state index in [1.807, 2.05) is 11.8 Å². The summed E-state index contributed by atoms with van der Waals surface area (Å²) >= 11 is 2.00. The summed E-state index contributed by atoms with van der Waals surface area (Å²) in [6.45, 7) is 8.64. The zero-order chi connectivity index (χ0) is 12.5. The van der Waals surface area contributed by atoms with E-state index in [1.165, 1.54) is 41.0 Å². The Hall–Kier alpha value is -0.470. The Bertz CT molecular complexity index is 323. The molecule has 0 aromatic heterocycles. The molecular formula is C15H25NS. The molecule has 0 aliphatic rings. The van der Waals surface area contributed by atoms with Gasteiger partial charge in [0, 0.05) is 11.4 Å². The first-order chi connectivity index (χ1) is 8.27. The van der Waals surface area contributed by atoms with Crippen LogP contribution in [0.3, 0.4) is 0 Å². The minimum atomic E-state index is 0.984. The van der Waals surface area contributed by atoms with Crippen molar-refractivity contribution in [3.63, 3.8) is 0 Å². The van der Waals surface area contributed by atoms with E-state index in [4.69, 9.17) is 0 Å². The van der Waals surface area contributed by atoms with Crippen LogP contribution in [0.15, 0.2) is 23.1 Å². The molecule has 1 rings (SSSR count). The quantitative estimate of drug-likeness (QED) is 0.543. The van der Waals surface area contributed by atoms with Crippen LogP contribution in [0, 0.1) is 6.92 Å². The minimum absolute atomic E-state index is 0.984. The number of aryl methyl sites for hydroxylation is 1. The van der Waals surface area contributed by atoms with Crippen LogP contribution < -0.4 is 5.32 Å². The highest BCUT2D eigenvalue weighted by Gasteiger charge is 2.00. The van der Waals surface area contributed by atoms with Crippen molar-refractivity contribution >= 4 is 11.8 Å². The highest BCUT2D eigenvalue weighted by Crippen LogP contribution is 2.24. The first kappa shape index (κ1) is 14.6. The summed E-state index contributed by atoms with van der Waals surface area (Å²) in [5.74, 6) is 1.25. The SMILES string of the molecule is CCCCCSc1ccc(CNCC)cc1C. The van der Waals surface area contributed by atoms with Crippen LogP contribution in [0.1, 0.15) is 44.2 Å². The molecule has 0 amide bonds. The molecule has 0 aliphatic heterocycles. The van der Waals surface area contributed by atoms with Gasteiger partial charge in [0.15, 0.2) is 0 Å². The Balaban J connectivity index is 2.45. The molecule has 0 unspecified atom stereocenters. The number of benzene rings is 1. The number of rotatable bonds is 8. The summed E-state index contributed by atoms with van der Waals surface area (Å²) in [6, 6.07) is 6.83. The van der Waals surface area contributed by atoms with Gasteiger partial charge in [0.2, 0.25) is 0 Å². The Morgan fingerprint density at radius 2 is 2.00 bits per heavy atom. The zero-order valence-electron chi connectivity index (χ0n) is 11.4. The van der Waals surface area contributed by atoms with Crippen molar-refractivity contribution in [1.82, 2.24) is 5.32 Å². The number of hydrogen-bond donors (Lipinski definition) is 1. The van der Waals surface area contributed by atoms with Crippen molar-refractivity contribution in [3.05, 3.63) is 29.3 Å². The topological polar surface area (TPSA) is 12.0 Å². The number of thioether (sulfide) groups is 1. The number of nitrogens with one attached hydrogen (secondary N) is 1. The van der Waals surface area contributed by atoms with E-state index in [1.54, 1.807) is 0 Å². The van der Waals surface area contributed by atoms with Gasteiger partial charge in [-0.3, -0.25) is 0 Å². The van der Waals surface area contributed by atoms with E-state index in [0.717, 1.165) is 13.1 Å². The third-order valence-electron chi connectivity index (χ3n) is 2.82. The third-order valence-corrected chi connectivity index (χ3v) is 4.09. The Morgan fingerprint density at radius 3 is 2.65 bits per heavy atom. The molecule has 0 saturated carbocycles. The summed E-state index contributed by atoms with van der Waals surface area (Å²) in [5.41, 5.74) is 2.81. The average molecular weight is 251 g/mol. The van der Waals surface area contributed by atoms with Crippen LogP contribution in [0.25, 0.3) is 0 Å². The first-order valence-corrected chi connectivity index (χ1v) is 7.69. The Kier molecular flexibility index (Phi) is 7.38. The van der Waals surface area contributed by atoms with Crippen molar-refractivity contribution in [1.29, 1.82) is 0 Å². The van der Waals surface area contributed by atoms with Gasteiger partial charge in [0.25, 0.3) is 0 Å². The van der Waals surface area contributed by atoms with Crippen LogP contribution in [-0.4, -0.2) is 12.3 Å². The lowest BCUT2D eigenvalue weighted by Crippen LogP contribution is -2.11. The summed E-state index contributed by atoms with van der Waals surface area (Å²) < 4.78 is 0. The predicted molar refractivity (Wildman–Crippen MR) is 78.8 cm³/mol. The fourth-order valence-corrected chi connectivity index (χ4v) is 2.81. The average Bonchev–Trinajstić information content (AvgIpc) is 2.34. The lowest BCUT2D eigenvalue weighted by Gasteiger charge is -2.08. The fraction of sp³-hybridized carbons (Fsp3) is 0.600. The van der Waals surface area contributed by atoms with Gasteiger partial charge in [-0.1, -0.05) is 38.8 Å². The van der Waals surface area contributed by atoms with Gasteiger partial charge in [0.05, 0.1) is 0 Å². The minimum Gasteiger partial charge on any atom is -0.313 e. The molecule has 96 valence electrons. The van der Waals surface area contributed by atoms with Gasteiger partial charge < -0.3 is 5.32 Å². The second-order valence-corrected chi connectivity index (χ2v) is 5.57. The summed E-state index contributed by atoms with van der Waals surface area (Å²) in [7, 11) is 0. The summed E-state index contributed by atoms with van der Waals surface area (Å²) in [4.78, 5) is 1.45. The molecule has 1 nitrogen and oxygen atoms in total. The normalized spacial score (nSPS) is 10.8. The largest absolute Gasteiger partial charge is 0.313 e. The molecule has 2 heteroatoms. The molecule has 1 aromatic carbocycles.